The molecule has 0 amide bonds. The molecule has 15 heteroatoms. The third-order valence-electron chi connectivity index (χ3n) is 6.02. The minimum atomic E-state index is -5.08. The first-order valence-corrected chi connectivity index (χ1v) is 11.7. The third-order valence-corrected chi connectivity index (χ3v) is 6.02. The Morgan fingerprint density at radius 1 is 1.05 bits per heavy atom. The monoisotopic (exact) mass is 582 g/mol. The molecule has 9 nitrogen and oxygen atoms in total. The van der Waals surface area contributed by atoms with Gasteiger partial charge in [0.1, 0.15) is 5.75 Å². The van der Waals surface area contributed by atoms with Gasteiger partial charge in [-0.25, -0.2) is 9.59 Å². The number of nitrogens with zero attached hydrogens (tertiary/aromatic N) is 2. The molecule has 222 valence electrons. The fraction of sp³-hybridized carbons (Fsp3) is 0.480. The minimum Gasteiger partial charge on any atom is -0.497 e. The van der Waals surface area contributed by atoms with Gasteiger partial charge in [-0.3, -0.25) is 9.88 Å². The Kier molecular flexibility index (Phi) is 11.7. The highest BCUT2D eigenvalue weighted by Crippen LogP contribution is 2.42. The summed E-state index contributed by atoms with van der Waals surface area (Å²) in [7, 11) is 1.71. The quantitative estimate of drug-likeness (QED) is 0.467. The Morgan fingerprint density at radius 3 is 2.20 bits per heavy atom. The van der Waals surface area contributed by atoms with Crippen molar-refractivity contribution in [3.8, 4) is 5.75 Å². The fourth-order valence-corrected chi connectivity index (χ4v) is 4.15. The van der Waals surface area contributed by atoms with E-state index in [1.165, 1.54) is 5.56 Å². The largest absolute Gasteiger partial charge is 0.497 e. The van der Waals surface area contributed by atoms with Crippen LogP contribution in [0.2, 0.25) is 0 Å². The van der Waals surface area contributed by atoms with Crippen molar-refractivity contribution in [3.63, 3.8) is 0 Å². The predicted molar refractivity (Wildman–Crippen MR) is 126 cm³/mol. The molecule has 0 bridgehead atoms. The van der Waals surface area contributed by atoms with Gasteiger partial charge in [-0.2, -0.15) is 26.3 Å². The molecule has 2 N–H and O–H groups in total. The molecule has 3 heterocycles. The van der Waals surface area contributed by atoms with Crippen LogP contribution in [0.5, 0.6) is 5.75 Å². The number of aliphatic carboxylic acids is 2. The van der Waals surface area contributed by atoms with E-state index in [1.807, 2.05) is 30.6 Å². The second kappa shape index (κ2) is 14.3. The SMILES string of the molecule is COc1cccc(CN2C[C@@H]3COC[C@]3(COCc3ccncc3)C2)c1.O=C(O)C(F)(F)F.O=C(O)C(F)(F)F. The first kappa shape index (κ1) is 32.8. The number of aromatic nitrogens is 1. The molecule has 0 unspecified atom stereocenters. The van der Waals surface area contributed by atoms with Crippen LogP contribution in [0.4, 0.5) is 26.3 Å². The summed E-state index contributed by atoms with van der Waals surface area (Å²) in [6.07, 6.45) is -6.55. The van der Waals surface area contributed by atoms with Crippen LogP contribution in [0.25, 0.3) is 0 Å². The molecule has 2 aliphatic heterocycles. The second-order valence-corrected chi connectivity index (χ2v) is 9.05. The van der Waals surface area contributed by atoms with Crippen LogP contribution < -0.4 is 4.74 Å². The van der Waals surface area contributed by atoms with Gasteiger partial charge in [-0.05, 0) is 35.4 Å². The summed E-state index contributed by atoms with van der Waals surface area (Å²) in [6.45, 7) is 6.04. The normalized spacial score (nSPS) is 20.4. The molecular formula is C25H28F6N2O7. The lowest BCUT2D eigenvalue weighted by Gasteiger charge is -2.27. The Labute approximate surface area is 225 Å². The van der Waals surface area contributed by atoms with Crippen molar-refractivity contribution in [2.45, 2.75) is 25.5 Å². The van der Waals surface area contributed by atoms with Crippen molar-refractivity contribution in [3.05, 3.63) is 59.9 Å². The Balaban J connectivity index is 0.000000333. The first-order valence-electron chi connectivity index (χ1n) is 11.7. The van der Waals surface area contributed by atoms with E-state index >= 15 is 0 Å². The lowest BCUT2D eigenvalue weighted by atomic mass is 9.82. The number of rotatable bonds is 7. The zero-order valence-corrected chi connectivity index (χ0v) is 21.2. The summed E-state index contributed by atoms with van der Waals surface area (Å²) < 4.78 is 80.7. The van der Waals surface area contributed by atoms with E-state index in [2.05, 4.69) is 28.1 Å². The number of carboxylic acid groups (broad SMARTS) is 2. The molecule has 1 aromatic carbocycles. The maximum absolute atomic E-state index is 10.6. The van der Waals surface area contributed by atoms with Crippen LogP contribution in [-0.4, -0.2) is 84.4 Å². The van der Waals surface area contributed by atoms with Crippen molar-refractivity contribution in [1.29, 1.82) is 0 Å². The molecule has 40 heavy (non-hydrogen) atoms. The number of methoxy groups -OCH3 is 1. The smallest absolute Gasteiger partial charge is 0.490 e. The van der Waals surface area contributed by atoms with E-state index in [1.54, 1.807) is 7.11 Å². The van der Waals surface area contributed by atoms with Crippen LogP contribution in [0.15, 0.2) is 48.8 Å². The molecule has 2 atom stereocenters. The summed E-state index contributed by atoms with van der Waals surface area (Å²) in [6, 6.07) is 12.3. The highest BCUT2D eigenvalue weighted by molar-refractivity contribution is 5.73. The maximum Gasteiger partial charge on any atom is 0.490 e. The molecule has 2 aromatic rings. The van der Waals surface area contributed by atoms with Crippen molar-refractivity contribution >= 4 is 11.9 Å². The van der Waals surface area contributed by atoms with Crippen molar-refractivity contribution in [2.24, 2.45) is 11.3 Å². The number of carboxylic acids is 2. The maximum atomic E-state index is 10.6. The van der Waals surface area contributed by atoms with Crippen LogP contribution in [0, 0.1) is 11.3 Å². The van der Waals surface area contributed by atoms with Gasteiger partial charge in [0.25, 0.3) is 0 Å². The van der Waals surface area contributed by atoms with E-state index in [9.17, 15) is 26.3 Å². The number of likely N-dealkylation sites (tertiary alicyclic amines) is 1. The number of alkyl halides is 6. The van der Waals surface area contributed by atoms with Crippen molar-refractivity contribution in [1.82, 2.24) is 9.88 Å². The summed E-state index contributed by atoms with van der Waals surface area (Å²) in [5.74, 6) is -4.05. The molecule has 0 aliphatic carbocycles. The van der Waals surface area contributed by atoms with Crippen LogP contribution in [0.1, 0.15) is 11.1 Å². The zero-order chi connectivity index (χ0) is 30.0. The van der Waals surface area contributed by atoms with E-state index < -0.39 is 24.3 Å². The molecule has 0 spiro atoms. The fourth-order valence-electron chi connectivity index (χ4n) is 4.15. The van der Waals surface area contributed by atoms with Gasteiger partial charge >= 0.3 is 24.3 Å². The second-order valence-electron chi connectivity index (χ2n) is 9.05. The third kappa shape index (κ3) is 10.3. The Hall–Kier alpha value is -3.43. The zero-order valence-electron chi connectivity index (χ0n) is 21.2. The Morgan fingerprint density at radius 2 is 1.65 bits per heavy atom. The van der Waals surface area contributed by atoms with Crippen LogP contribution in [0.3, 0.4) is 0 Å². The van der Waals surface area contributed by atoms with Crippen LogP contribution >= 0.6 is 0 Å². The summed E-state index contributed by atoms with van der Waals surface area (Å²) in [5.41, 5.74) is 2.57. The number of carbonyl (C=O) groups is 2. The number of fused-ring (bicyclic) bond motifs is 1. The lowest BCUT2D eigenvalue weighted by Crippen LogP contribution is -2.35. The minimum absolute atomic E-state index is 0.117. The number of hydrogen-bond donors (Lipinski definition) is 2. The summed E-state index contributed by atoms with van der Waals surface area (Å²) >= 11 is 0. The van der Waals surface area contributed by atoms with E-state index in [0.717, 1.165) is 50.8 Å². The molecule has 0 radical (unpaired) electrons. The van der Waals surface area contributed by atoms with Gasteiger partial charge in [0.15, 0.2) is 0 Å². The number of halogens is 6. The Bertz CT molecular complexity index is 1080. The van der Waals surface area contributed by atoms with Gasteiger partial charge in [-0.1, -0.05) is 12.1 Å². The van der Waals surface area contributed by atoms with Gasteiger partial charge in [-0.15, -0.1) is 0 Å². The highest BCUT2D eigenvalue weighted by Gasteiger charge is 2.50. The molecule has 2 saturated heterocycles. The average molecular weight is 582 g/mol. The molecule has 4 rings (SSSR count). The number of benzene rings is 1. The first-order chi connectivity index (χ1) is 18.7. The topological polar surface area (TPSA) is 118 Å². The van der Waals surface area contributed by atoms with E-state index in [-0.39, 0.29) is 5.41 Å². The molecule has 1 aromatic heterocycles. The van der Waals surface area contributed by atoms with Gasteiger partial charge < -0.3 is 24.4 Å². The van der Waals surface area contributed by atoms with Gasteiger partial charge in [0.2, 0.25) is 0 Å². The predicted octanol–water partition coefficient (Wildman–Crippen LogP) is 4.02. The van der Waals surface area contributed by atoms with Crippen LogP contribution in [-0.2, 0) is 32.2 Å². The summed E-state index contributed by atoms with van der Waals surface area (Å²) in [5, 5.41) is 14.2. The number of ether oxygens (including phenoxy) is 3. The lowest BCUT2D eigenvalue weighted by molar-refractivity contribution is -0.193. The highest BCUT2D eigenvalue weighted by atomic mass is 19.4. The molecule has 0 saturated carbocycles. The number of hydrogen-bond acceptors (Lipinski definition) is 7. The molecular weight excluding hydrogens is 554 g/mol. The van der Waals surface area contributed by atoms with Crippen molar-refractivity contribution < 1.29 is 60.4 Å². The molecule has 2 fully saturated rings. The molecule has 2 aliphatic rings. The standard InChI is InChI=1S/C21H26N2O3.2C2HF3O2/c1-24-20-4-2-3-18(9-20)10-23-11-19-13-26-16-21(19,14-23)15-25-12-17-5-7-22-8-6-17;2*3-2(4,5)1(6)7/h2-9,19H,10-16H2,1H3;2*(H,6,7)/t19-,21-;;/m1../s1. The van der Waals surface area contributed by atoms with Gasteiger partial charge in [0, 0.05) is 43.4 Å². The average Bonchev–Trinajstić information content (AvgIpc) is 3.41. The number of pyridine rings is 1. The van der Waals surface area contributed by atoms with E-state index in [0.29, 0.717) is 12.5 Å². The summed E-state index contributed by atoms with van der Waals surface area (Å²) in [4.78, 5) is 24.4. The van der Waals surface area contributed by atoms with Crippen molar-refractivity contribution in [2.75, 3.05) is 40.0 Å². The van der Waals surface area contributed by atoms with Gasteiger partial charge in [0.05, 0.1) is 33.5 Å². The van der Waals surface area contributed by atoms with E-state index in [4.69, 9.17) is 34.0 Å².